The Morgan fingerprint density at radius 3 is 2.62 bits per heavy atom. The van der Waals surface area contributed by atoms with Crippen molar-refractivity contribution in [3.05, 3.63) is 30.1 Å². The molecule has 0 spiro atoms. The maximum Gasteiger partial charge on any atom is 0.308 e. The van der Waals surface area contributed by atoms with Gasteiger partial charge in [0.25, 0.3) is 5.91 Å². The number of ether oxygens (including phenoxy) is 1. The van der Waals surface area contributed by atoms with E-state index in [0.717, 1.165) is 0 Å². The van der Waals surface area contributed by atoms with Crippen LogP contribution in [0.5, 0.6) is 0 Å². The van der Waals surface area contributed by atoms with E-state index in [0.29, 0.717) is 0 Å². The van der Waals surface area contributed by atoms with Crippen LogP contribution in [0.4, 0.5) is 0 Å². The van der Waals surface area contributed by atoms with Crippen LogP contribution >= 0.6 is 0 Å². The zero-order valence-electron chi connectivity index (χ0n) is 12.0. The number of nitrogens with zero attached hydrogens (tertiary/aromatic N) is 1. The first-order chi connectivity index (χ1) is 9.95. The number of hydrogen-bond donors (Lipinski definition) is 2. The Morgan fingerprint density at radius 1 is 1.38 bits per heavy atom. The molecule has 1 heterocycles. The third-order valence-electron chi connectivity index (χ3n) is 2.82. The van der Waals surface area contributed by atoms with Crippen LogP contribution in [0.15, 0.2) is 24.4 Å². The number of aromatic nitrogens is 1. The minimum absolute atomic E-state index is 0.0761. The third-order valence-corrected chi connectivity index (χ3v) is 2.82. The highest BCUT2D eigenvalue weighted by Gasteiger charge is 2.25. The highest BCUT2D eigenvalue weighted by molar-refractivity contribution is 5.95. The highest BCUT2D eigenvalue weighted by Crippen LogP contribution is 2.09. The average Bonchev–Trinajstić information content (AvgIpc) is 2.47. The first-order valence-electron chi connectivity index (χ1n) is 6.63. The van der Waals surface area contributed by atoms with Crippen LogP contribution in [0.3, 0.4) is 0 Å². The Bertz CT molecular complexity index is 504. The van der Waals surface area contributed by atoms with Crippen molar-refractivity contribution in [3.8, 4) is 0 Å². The van der Waals surface area contributed by atoms with Gasteiger partial charge < -0.3 is 15.8 Å². The minimum Gasteiger partial charge on any atom is -0.466 e. The standard InChI is InChI=1S/C14H19N3O4/c1-3-21-14(20)9(2)8-11(12(15)18)17-13(19)10-6-4-5-7-16-10/h4-7,9,11H,3,8H2,1-2H3,(H2,15,18)(H,17,19)/t9-,11-/m0/s1. The fourth-order valence-corrected chi connectivity index (χ4v) is 1.71. The SMILES string of the molecule is CCOC(=O)[C@@H](C)C[C@H](NC(=O)c1ccccn1)C(N)=O. The molecule has 0 saturated carbocycles. The molecule has 0 fully saturated rings. The summed E-state index contributed by atoms with van der Waals surface area (Å²) in [6.45, 7) is 3.56. The molecule has 0 aliphatic heterocycles. The Hall–Kier alpha value is -2.44. The first-order valence-corrected chi connectivity index (χ1v) is 6.63. The Labute approximate surface area is 122 Å². The number of carbonyl (C=O) groups is 3. The zero-order chi connectivity index (χ0) is 15.8. The number of hydrogen-bond acceptors (Lipinski definition) is 5. The van der Waals surface area contributed by atoms with E-state index in [2.05, 4.69) is 10.3 Å². The summed E-state index contributed by atoms with van der Waals surface area (Å²) in [5.74, 6) is -2.21. The predicted molar refractivity (Wildman–Crippen MR) is 75.1 cm³/mol. The second-order valence-electron chi connectivity index (χ2n) is 4.53. The van der Waals surface area contributed by atoms with Gasteiger partial charge in [-0.05, 0) is 25.5 Å². The van der Waals surface area contributed by atoms with Gasteiger partial charge in [-0.2, -0.15) is 0 Å². The predicted octanol–water partition coefficient (Wildman–Crippen LogP) is 0.255. The molecule has 2 amide bonds. The summed E-state index contributed by atoms with van der Waals surface area (Å²) in [6, 6.07) is 3.88. The molecule has 0 aliphatic rings. The maximum absolute atomic E-state index is 11.9. The van der Waals surface area contributed by atoms with Crippen LogP contribution in [-0.4, -0.2) is 35.4 Å². The van der Waals surface area contributed by atoms with Crippen molar-refractivity contribution in [2.45, 2.75) is 26.3 Å². The van der Waals surface area contributed by atoms with Crippen molar-refractivity contribution in [2.75, 3.05) is 6.61 Å². The van der Waals surface area contributed by atoms with Gasteiger partial charge in [0.15, 0.2) is 0 Å². The highest BCUT2D eigenvalue weighted by atomic mass is 16.5. The van der Waals surface area contributed by atoms with Gasteiger partial charge >= 0.3 is 5.97 Å². The molecule has 114 valence electrons. The van der Waals surface area contributed by atoms with Crippen LogP contribution in [0, 0.1) is 5.92 Å². The summed E-state index contributed by atoms with van der Waals surface area (Å²) >= 11 is 0. The summed E-state index contributed by atoms with van der Waals surface area (Å²) < 4.78 is 4.86. The quantitative estimate of drug-likeness (QED) is 0.700. The number of carbonyl (C=O) groups excluding carboxylic acids is 3. The lowest BCUT2D eigenvalue weighted by Crippen LogP contribution is -2.46. The number of esters is 1. The van der Waals surface area contributed by atoms with Crippen LogP contribution in [0.2, 0.25) is 0 Å². The fraction of sp³-hybridized carbons (Fsp3) is 0.429. The Morgan fingerprint density at radius 2 is 2.10 bits per heavy atom. The molecule has 21 heavy (non-hydrogen) atoms. The lowest BCUT2D eigenvalue weighted by molar-refractivity contribution is -0.147. The lowest BCUT2D eigenvalue weighted by Gasteiger charge is -2.18. The van der Waals surface area contributed by atoms with Crippen molar-refractivity contribution < 1.29 is 19.1 Å². The average molecular weight is 293 g/mol. The van der Waals surface area contributed by atoms with E-state index < -0.39 is 29.7 Å². The summed E-state index contributed by atoms with van der Waals surface area (Å²) in [5.41, 5.74) is 5.43. The Kier molecular flexibility index (Phi) is 6.32. The molecule has 7 heteroatoms. The molecule has 1 aromatic heterocycles. The molecule has 0 unspecified atom stereocenters. The number of primary amides is 1. The molecule has 0 bridgehead atoms. The molecule has 3 N–H and O–H groups in total. The molecule has 2 atom stereocenters. The van der Waals surface area contributed by atoms with Gasteiger partial charge in [0.1, 0.15) is 11.7 Å². The Balaban J connectivity index is 2.68. The van der Waals surface area contributed by atoms with Crippen molar-refractivity contribution in [1.29, 1.82) is 0 Å². The molecule has 0 aromatic carbocycles. The number of nitrogens with one attached hydrogen (secondary N) is 1. The molecule has 0 saturated heterocycles. The summed E-state index contributed by atoms with van der Waals surface area (Å²) in [5, 5.41) is 2.48. The van der Waals surface area contributed by atoms with Crippen molar-refractivity contribution in [2.24, 2.45) is 11.7 Å². The van der Waals surface area contributed by atoms with Crippen LogP contribution in [-0.2, 0) is 14.3 Å². The zero-order valence-corrected chi connectivity index (χ0v) is 12.0. The molecule has 0 radical (unpaired) electrons. The smallest absolute Gasteiger partial charge is 0.308 e. The van der Waals surface area contributed by atoms with Gasteiger partial charge in [0.05, 0.1) is 12.5 Å². The maximum atomic E-state index is 11.9. The molecular formula is C14H19N3O4. The molecule has 7 nitrogen and oxygen atoms in total. The molecule has 0 aliphatic carbocycles. The summed E-state index contributed by atoms with van der Waals surface area (Å²) in [4.78, 5) is 38.8. The van der Waals surface area contributed by atoms with E-state index >= 15 is 0 Å². The van der Waals surface area contributed by atoms with Crippen LogP contribution in [0.1, 0.15) is 30.8 Å². The molecule has 1 aromatic rings. The van der Waals surface area contributed by atoms with Crippen molar-refractivity contribution in [3.63, 3.8) is 0 Å². The van der Waals surface area contributed by atoms with E-state index in [1.807, 2.05) is 0 Å². The van der Waals surface area contributed by atoms with Gasteiger partial charge in [-0.15, -0.1) is 0 Å². The van der Waals surface area contributed by atoms with Gasteiger partial charge in [-0.3, -0.25) is 19.4 Å². The van der Waals surface area contributed by atoms with E-state index in [4.69, 9.17) is 10.5 Å². The number of pyridine rings is 1. The molecule has 1 rings (SSSR count). The van der Waals surface area contributed by atoms with Crippen LogP contribution < -0.4 is 11.1 Å². The normalized spacial score (nSPS) is 13.0. The van der Waals surface area contributed by atoms with Crippen molar-refractivity contribution in [1.82, 2.24) is 10.3 Å². The number of nitrogens with two attached hydrogens (primary N) is 1. The number of amides is 2. The molecular weight excluding hydrogens is 274 g/mol. The first kappa shape index (κ1) is 16.6. The minimum atomic E-state index is -0.959. The van der Waals surface area contributed by atoms with Gasteiger partial charge in [-0.1, -0.05) is 13.0 Å². The van der Waals surface area contributed by atoms with Gasteiger partial charge in [0.2, 0.25) is 5.91 Å². The second-order valence-corrected chi connectivity index (χ2v) is 4.53. The monoisotopic (exact) mass is 293 g/mol. The van der Waals surface area contributed by atoms with Crippen LogP contribution in [0.25, 0.3) is 0 Å². The topological polar surface area (TPSA) is 111 Å². The van der Waals surface area contributed by atoms with E-state index in [1.54, 1.807) is 26.0 Å². The van der Waals surface area contributed by atoms with Gasteiger partial charge in [0, 0.05) is 6.20 Å². The third kappa shape index (κ3) is 5.21. The van der Waals surface area contributed by atoms with E-state index in [9.17, 15) is 14.4 Å². The second kappa shape index (κ2) is 7.98. The van der Waals surface area contributed by atoms with E-state index in [-0.39, 0.29) is 18.7 Å². The van der Waals surface area contributed by atoms with Gasteiger partial charge in [-0.25, -0.2) is 0 Å². The number of rotatable bonds is 7. The fourth-order valence-electron chi connectivity index (χ4n) is 1.71. The summed E-state index contributed by atoms with van der Waals surface area (Å²) in [6.07, 6.45) is 1.54. The largest absolute Gasteiger partial charge is 0.466 e. The van der Waals surface area contributed by atoms with Crippen molar-refractivity contribution >= 4 is 17.8 Å². The van der Waals surface area contributed by atoms with E-state index in [1.165, 1.54) is 12.3 Å². The lowest BCUT2D eigenvalue weighted by atomic mass is 10.0. The summed E-state index contributed by atoms with van der Waals surface area (Å²) in [7, 11) is 0.